The number of aromatic nitrogens is 5. The molecule has 4 heterocycles. The minimum absolute atomic E-state index is 0.138. The van der Waals surface area contributed by atoms with Crippen LogP contribution in [0.5, 0.6) is 0 Å². The van der Waals surface area contributed by atoms with E-state index in [1.54, 1.807) is 38.1 Å². The summed E-state index contributed by atoms with van der Waals surface area (Å²) in [5, 5.41) is 8.23. The van der Waals surface area contributed by atoms with Crippen molar-refractivity contribution in [1.82, 2.24) is 29.3 Å². The highest BCUT2D eigenvalue weighted by molar-refractivity contribution is 5.94. The largest absolute Gasteiger partial charge is 0.433 e. The number of fused-ring (bicyclic) bond motifs is 1. The van der Waals surface area contributed by atoms with Crippen LogP contribution in [0.15, 0.2) is 24.5 Å². The first kappa shape index (κ1) is 19.4. The zero-order valence-electron chi connectivity index (χ0n) is 16.3. The van der Waals surface area contributed by atoms with E-state index in [1.165, 1.54) is 10.9 Å². The van der Waals surface area contributed by atoms with Gasteiger partial charge in [-0.1, -0.05) is 13.8 Å². The highest BCUT2D eigenvalue weighted by Crippen LogP contribution is 2.35. The van der Waals surface area contributed by atoms with Crippen molar-refractivity contribution in [2.75, 3.05) is 6.54 Å². The fraction of sp³-hybridized carbons (Fsp3) is 0.474. The number of alkyl halides is 3. The smallest absolute Gasteiger partial charge is 0.330 e. The Labute approximate surface area is 165 Å². The molecule has 1 amide bonds. The summed E-state index contributed by atoms with van der Waals surface area (Å²) in [6, 6.07) is 2.20. The van der Waals surface area contributed by atoms with Crippen molar-refractivity contribution in [1.29, 1.82) is 0 Å². The molecule has 0 aliphatic carbocycles. The van der Waals surface area contributed by atoms with Crippen molar-refractivity contribution < 1.29 is 18.0 Å². The molecule has 154 valence electrons. The van der Waals surface area contributed by atoms with Crippen LogP contribution in [0.25, 0.3) is 5.65 Å². The van der Waals surface area contributed by atoms with Crippen LogP contribution in [0, 0.1) is 0 Å². The summed E-state index contributed by atoms with van der Waals surface area (Å²) in [6.07, 6.45) is -0.0656. The Kier molecular flexibility index (Phi) is 4.59. The Morgan fingerprint density at radius 1 is 1.28 bits per heavy atom. The van der Waals surface area contributed by atoms with Crippen LogP contribution >= 0.6 is 0 Å². The first-order valence-electron chi connectivity index (χ1n) is 9.42. The van der Waals surface area contributed by atoms with Crippen LogP contribution in [0.4, 0.5) is 13.2 Å². The zero-order valence-corrected chi connectivity index (χ0v) is 16.3. The van der Waals surface area contributed by atoms with Gasteiger partial charge in [-0.05, 0) is 24.8 Å². The molecule has 0 aromatic carbocycles. The summed E-state index contributed by atoms with van der Waals surface area (Å²) in [7, 11) is 1.72. The number of carbonyl (C=O) groups excluding carboxylic acids is 1. The molecule has 1 aliphatic rings. The predicted octanol–water partition coefficient (Wildman–Crippen LogP) is 3.58. The maximum absolute atomic E-state index is 13.6. The molecule has 1 atom stereocenters. The number of halogens is 3. The highest BCUT2D eigenvalue weighted by Gasteiger charge is 2.37. The number of hydrogen-bond donors (Lipinski definition) is 0. The van der Waals surface area contributed by atoms with Crippen molar-refractivity contribution in [3.63, 3.8) is 0 Å². The van der Waals surface area contributed by atoms with Gasteiger partial charge in [0, 0.05) is 31.5 Å². The van der Waals surface area contributed by atoms with Gasteiger partial charge in [0.1, 0.15) is 5.69 Å². The van der Waals surface area contributed by atoms with Crippen LogP contribution in [-0.4, -0.2) is 41.7 Å². The zero-order chi connectivity index (χ0) is 20.9. The average Bonchev–Trinajstić information content (AvgIpc) is 3.37. The van der Waals surface area contributed by atoms with E-state index in [0.29, 0.717) is 29.9 Å². The lowest BCUT2D eigenvalue weighted by atomic mass is 10.1. The fourth-order valence-electron chi connectivity index (χ4n) is 3.69. The predicted molar refractivity (Wildman–Crippen MR) is 98.3 cm³/mol. The molecule has 1 aliphatic heterocycles. The van der Waals surface area contributed by atoms with Gasteiger partial charge in [-0.15, -0.1) is 0 Å². The normalized spacial score (nSPS) is 17.6. The summed E-state index contributed by atoms with van der Waals surface area (Å²) in [5.74, 6) is -0.362. The highest BCUT2D eigenvalue weighted by atomic mass is 19.4. The van der Waals surface area contributed by atoms with E-state index in [9.17, 15) is 18.0 Å². The van der Waals surface area contributed by atoms with Gasteiger partial charge >= 0.3 is 6.18 Å². The first-order valence-corrected chi connectivity index (χ1v) is 9.42. The molecule has 3 aromatic heterocycles. The summed E-state index contributed by atoms with van der Waals surface area (Å²) < 4.78 is 43.2. The molecular weight excluding hydrogens is 385 g/mol. The van der Waals surface area contributed by atoms with Crippen molar-refractivity contribution in [2.24, 2.45) is 7.05 Å². The Morgan fingerprint density at radius 3 is 2.66 bits per heavy atom. The summed E-state index contributed by atoms with van der Waals surface area (Å²) in [4.78, 5) is 18.9. The van der Waals surface area contributed by atoms with Crippen LogP contribution in [0.3, 0.4) is 0 Å². The molecule has 0 spiro atoms. The van der Waals surface area contributed by atoms with E-state index in [4.69, 9.17) is 0 Å². The maximum atomic E-state index is 13.6. The van der Waals surface area contributed by atoms with E-state index in [-0.39, 0.29) is 17.5 Å². The van der Waals surface area contributed by atoms with Crippen LogP contribution < -0.4 is 0 Å². The molecule has 1 saturated heterocycles. The summed E-state index contributed by atoms with van der Waals surface area (Å²) in [5.41, 5.74) is 0.490. The summed E-state index contributed by atoms with van der Waals surface area (Å²) in [6.45, 7) is 4.10. The second-order valence-corrected chi connectivity index (χ2v) is 7.62. The minimum Gasteiger partial charge on any atom is -0.330 e. The maximum Gasteiger partial charge on any atom is 0.433 e. The molecule has 4 rings (SSSR count). The third kappa shape index (κ3) is 3.47. The van der Waals surface area contributed by atoms with Gasteiger partial charge in [0.15, 0.2) is 5.65 Å². The molecular formula is C19H21F3N6O. The van der Waals surface area contributed by atoms with Gasteiger partial charge in [0.2, 0.25) is 0 Å². The third-order valence-electron chi connectivity index (χ3n) is 5.15. The molecule has 0 bridgehead atoms. The van der Waals surface area contributed by atoms with Crippen molar-refractivity contribution in [3.8, 4) is 0 Å². The van der Waals surface area contributed by atoms with Gasteiger partial charge in [0.25, 0.3) is 5.91 Å². The van der Waals surface area contributed by atoms with Gasteiger partial charge in [-0.3, -0.25) is 9.48 Å². The molecule has 0 radical (unpaired) electrons. The second kappa shape index (κ2) is 6.85. The van der Waals surface area contributed by atoms with Crippen LogP contribution in [0.2, 0.25) is 0 Å². The van der Waals surface area contributed by atoms with Gasteiger partial charge in [-0.25, -0.2) is 9.50 Å². The number of likely N-dealkylation sites (tertiary alicyclic amines) is 1. The number of aryl methyl sites for hydroxylation is 1. The molecule has 7 nitrogen and oxygen atoms in total. The fourth-order valence-corrected chi connectivity index (χ4v) is 3.69. The quantitative estimate of drug-likeness (QED) is 0.667. The van der Waals surface area contributed by atoms with E-state index in [0.717, 1.165) is 17.0 Å². The average molecular weight is 406 g/mol. The monoisotopic (exact) mass is 406 g/mol. The molecule has 0 saturated carbocycles. The van der Waals surface area contributed by atoms with E-state index in [2.05, 4.69) is 15.2 Å². The minimum atomic E-state index is -4.56. The Hall–Kier alpha value is -2.91. The van der Waals surface area contributed by atoms with Crippen molar-refractivity contribution in [2.45, 2.75) is 44.8 Å². The SMILES string of the molecule is CC(C)c1cc(C(F)(F)F)n2nc([C@H]3CCCN3C(=O)c3cnn(C)c3)cc2n1. The lowest BCUT2D eigenvalue weighted by Gasteiger charge is -2.22. The first-order chi connectivity index (χ1) is 13.6. The number of nitrogens with zero attached hydrogens (tertiary/aromatic N) is 6. The van der Waals surface area contributed by atoms with Gasteiger partial charge in [0.05, 0.1) is 23.5 Å². The lowest BCUT2D eigenvalue weighted by molar-refractivity contribution is -0.142. The number of carbonyl (C=O) groups is 1. The van der Waals surface area contributed by atoms with Crippen LogP contribution in [0.1, 0.15) is 66.1 Å². The lowest BCUT2D eigenvalue weighted by Crippen LogP contribution is -2.30. The van der Waals surface area contributed by atoms with Crippen molar-refractivity contribution >= 4 is 11.6 Å². The standard InChI is InChI=1S/C19H21F3N6O/c1-11(2)13-7-16(19(20,21)22)28-17(24-13)8-14(25-28)15-5-4-6-27(15)18(29)12-9-23-26(3)10-12/h7-11,15H,4-6H2,1-3H3/t15-/m1/s1. The van der Waals surface area contributed by atoms with E-state index in [1.807, 2.05) is 0 Å². The molecule has 3 aromatic rings. The van der Waals surface area contributed by atoms with Crippen molar-refractivity contribution in [3.05, 3.63) is 47.2 Å². The van der Waals surface area contributed by atoms with Gasteiger partial charge < -0.3 is 4.90 Å². The molecule has 0 unspecified atom stereocenters. The Bertz CT molecular complexity index is 1070. The molecule has 10 heteroatoms. The number of hydrogen-bond acceptors (Lipinski definition) is 4. The number of amides is 1. The van der Waals surface area contributed by atoms with Crippen LogP contribution in [-0.2, 0) is 13.2 Å². The second-order valence-electron chi connectivity index (χ2n) is 7.62. The Balaban J connectivity index is 1.76. The topological polar surface area (TPSA) is 68.3 Å². The third-order valence-corrected chi connectivity index (χ3v) is 5.15. The Morgan fingerprint density at radius 2 is 2.03 bits per heavy atom. The molecule has 1 fully saturated rings. The summed E-state index contributed by atoms with van der Waals surface area (Å²) >= 11 is 0. The van der Waals surface area contributed by atoms with E-state index >= 15 is 0 Å². The number of rotatable bonds is 3. The van der Waals surface area contributed by atoms with E-state index < -0.39 is 17.9 Å². The van der Waals surface area contributed by atoms with Gasteiger partial charge in [-0.2, -0.15) is 23.4 Å². The molecule has 29 heavy (non-hydrogen) atoms. The molecule has 0 N–H and O–H groups in total.